The van der Waals surface area contributed by atoms with Gasteiger partial charge in [0.25, 0.3) is 11.6 Å². The van der Waals surface area contributed by atoms with Crippen molar-refractivity contribution in [2.45, 2.75) is 6.92 Å². The van der Waals surface area contributed by atoms with E-state index in [0.717, 1.165) is 5.56 Å². The first-order valence-corrected chi connectivity index (χ1v) is 7.34. The average molecular weight is 344 g/mol. The molecule has 0 aromatic heterocycles. The van der Waals surface area contributed by atoms with Gasteiger partial charge in [-0.2, -0.15) is 0 Å². The Kier molecular flexibility index (Phi) is 6.05. The van der Waals surface area contributed by atoms with Gasteiger partial charge in [0.2, 0.25) is 0 Å². The molecule has 0 aliphatic carbocycles. The first-order valence-electron chi connectivity index (χ1n) is 7.34. The number of esters is 1. The Morgan fingerprint density at radius 1 is 1.08 bits per heavy atom. The van der Waals surface area contributed by atoms with E-state index in [2.05, 4.69) is 5.32 Å². The Labute approximate surface area is 143 Å². The fraction of sp³-hybridized carbons (Fsp3) is 0.176. The molecule has 0 aliphatic heterocycles. The van der Waals surface area contributed by atoms with Gasteiger partial charge in [0.05, 0.1) is 4.92 Å². The summed E-state index contributed by atoms with van der Waals surface area (Å²) in [6.45, 7) is 1.01. The maximum Gasteiger partial charge on any atom is 0.344 e. The monoisotopic (exact) mass is 344 g/mol. The minimum absolute atomic E-state index is 0.0807. The molecule has 25 heavy (non-hydrogen) atoms. The van der Waals surface area contributed by atoms with E-state index in [9.17, 15) is 19.7 Å². The normalized spacial score (nSPS) is 9.96. The third kappa shape index (κ3) is 5.61. The maximum atomic E-state index is 11.8. The Morgan fingerprint density at radius 3 is 2.40 bits per heavy atom. The highest BCUT2D eigenvalue weighted by Crippen LogP contribution is 2.17. The lowest BCUT2D eigenvalue weighted by Gasteiger charge is -2.09. The highest BCUT2D eigenvalue weighted by Gasteiger charge is 2.10. The van der Waals surface area contributed by atoms with Crippen molar-refractivity contribution in [2.75, 3.05) is 18.5 Å². The standard InChI is InChI=1S/C17H16N2O6/c1-12-4-2-3-5-15(12)18-16(20)10-25-17(21)11-24-14-8-6-13(7-9-14)19(22)23/h2-9H,10-11H2,1H3,(H,18,20). The highest BCUT2D eigenvalue weighted by molar-refractivity contribution is 5.93. The summed E-state index contributed by atoms with van der Waals surface area (Å²) in [5.74, 6) is -0.900. The molecule has 1 amide bonds. The van der Waals surface area contributed by atoms with E-state index in [1.54, 1.807) is 12.1 Å². The van der Waals surface area contributed by atoms with Crippen LogP contribution in [0.5, 0.6) is 5.75 Å². The summed E-state index contributed by atoms with van der Waals surface area (Å²) in [5, 5.41) is 13.2. The van der Waals surface area contributed by atoms with Crippen LogP contribution < -0.4 is 10.1 Å². The number of rotatable bonds is 7. The Balaban J connectivity index is 1.74. The second-order valence-corrected chi connectivity index (χ2v) is 5.06. The summed E-state index contributed by atoms with van der Waals surface area (Å²) in [7, 11) is 0. The lowest BCUT2D eigenvalue weighted by atomic mass is 10.2. The van der Waals surface area contributed by atoms with Gasteiger partial charge in [-0.25, -0.2) is 4.79 Å². The molecule has 0 radical (unpaired) electrons. The molecule has 0 fully saturated rings. The van der Waals surface area contributed by atoms with Gasteiger partial charge >= 0.3 is 5.97 Å². The number of nitro benzene ring substituents is 1. The van der Waals surface area contributed by atoms with Gasteiger partial charge in [0.1, 0.15) is 5.75 Å². The quantitative estimate of drug-likeness (QED) is 0.469. The van der Waals surface area contributed by atoms with Crippen molar-refractivity contribution < 1.29 is 24.0 Å². The Hall–Kier alpha value is -3.42. The molecule has 8 heteroatoms. The van der Waals surface area contributed by atoms with E-state index in [0.29, 0.717) is 5.69 Å². The fourth-order valence-corrected chi connectivity index (χ4v) is 1.89. The Bertz CT molecular complexity index is 773. The summed E-state index contributed by atoms with van der Waals surface area (Å²) < 4.78 is 9.96. The van der Waals surface area contributed by atoms with E-state index in [4.69, 9.17) is 9.47 Å². The molecule has 0 heterocycles. The topological polar surface area (TPSA) is 108 Å². The first kappa shape index (κ1) is 17.9. The molecule has 0 aliphatic rings. The molecule has 8 nitrogen and oxygen atoms in total. The van der Waals surface area contributed by atoms with Crippen molar-refractivity contribution in [3.05, 3.63) is 64.2 Å². The van der Waals surface area contributed by atoms with E-state index < -0.39 is 30.0 Å². The number of nitro groups is 1. The zero-order chi connectivity index (χ0) is 18.2. The molecule has 1 N–H and O–H groups in total. The van der Waals surface area contributed by atoms with E-state index in [-0.39, 0.29) is 11.4 Å². The minimum Gasteiger partial charge on any atom is -0.482 e. The molecule has 2 aromatic carbocycles. The van der Waals surface area contributed by atoms with Crippen molar-refractivity contribution in [3.8, 4) is 5.75 Å². The number of nitrogens with one attached hydrogen (secondary N) is 1. The lowest BCUT2D eigenvalue weighted by Crippen LogP contribution is -2.23. The van der Waals surface area contributed by atoms with Crippen LogP contribution in [0.3, 0.4) is 0 Å². The van der Waals surface area contributed by atoms with Gasteiger partial charge in [-0.15, -0.1) is 0 Å². The number of amides is 1. The van der Waals surface area contributed by atoms with Crippen LogP contribution in [0.4, 0.5) is 11.4 Å². The number of hydrogen-bond donors (Lipinski definition) is 1. The highest BCUT2D eigenvalue weighted by atomic mass is 16.6. The number of carbonyl (C=O) groups is 2. The van der Waals surface area contributed by atoms with Gasteiger partial charge in [0.15, 0.2) is 13.2 Å². The summed E-state index contributed by atoms with van der Waals surface area (Å²) in [4.78, 5) is 33.3. The maximum absolute atomic E-state index is 11.8. The average Bonchev–Trinajstić information content (AvgIpc) is 2.60. The summed E-state index contributed by atoms with van der Waals surface area (Å²) in [6, 6.07) is 12.5. The van der Waals surface area contributed by atoms with Gasteiger partial charge in [-0.05, 0) is 30.7 Å². The van der Waals surface area contributed by atoms with Gasteiger partial charge < -0.3 is 14.8 Å². The van der Waals surface area contributed by atoms with E-state index in [1.807, 2.05) is 19.1 Å². The molecule has 0 atom stereocenters. The van der Waals surface area contributed by atoms with Gasteiger partial charge in [-0.1, -0.05) is 18.2 Å². The number of nitrogens with zero attached hydrogens (tertiary/aromatic N) is 1. The molecule has 0 unspecified atom stereocenters. The Morgan fingerprint density at radius 2 is 1.76 bits per heavy atom. The van der Waals surface area contributed by atoms with Crippen molar-refractivity contribution in [1.82, 2.24) is 0 Å². The van der Waals surface area contributed by atoms with Crippen LogP contribution in [-0.4, -0.2) is 30.0 Å². The van der Waals surface area contributed by atoms with Crippen LogP contribution in [0.2, 0.25) is 0 Å². The molecule has 2 aromatic rings. The number of para-hydroxylation sites is 1. The predicted molar refractivity (Wildman–Crippen MR) is 89.4 cm³/mol. The molecule has 0 saturated heterocycles. The van der Waals surface area contributed by atoms with E-state index in [1.165, 1.54) is 24.3 Å². The van der Waals surface area contributed by atoms with Gasteiger partial charge in [-0.3, -0.25) is 14.9 Å². The van der Waals surface area contributed by atoms with Crippen LogP contribution in [0.1, 0.15) is 5.56 Å². The van der Waals surface area contributed by atoms with Crippen LogP contribution in [0.25, 0.3) is 0 Å². The van der Waals surface area contributed by atoms with Crippen molar-refractivity contribution >= 4 is 23.3 Å². The van der Waals surface area contributed by atoms with E-state index >= 15 is 0 Å². The van der Waals surface area contributed by atoms with Crippen LogP contribution >= 0.6 is 0 Å². The zero-order valence-electron chi connectivity index (χ0n) is 13.4. The van der Waals surface area contributed by atoms with Crippen molar-refractivity contribution in [2.24, 2.45) is 0 Å². The van der Waals surface area contributed by atoms with Crippen LogP contribution in [0, 0.1) is 17.0 Å². The van der Waals surface area contributed by atoms with Crippen LogP contribution in [-0.2, 0) is 14.3 Å². The number of aryl methyl sites for hydroxylation is 1. The molecule has 0 bridgehead atoms. The molecule has 0 spiro atoms. The van der Waals surface area contributed by atoms with Crippen molar-refractivity contribution in [3.63, 3.8) is 0 Å². The van der Waals surface area contributed by atoms with Crippen molar-refractivity contribution in [1.29, 1.82) is 0 Å². The molecule has 0 saturated carbocycles. The number of anilines is 1. The predicted octanol–water partition coefficient (Wildman–Crippen LogP) is 2.46. The number of benzene rings is 2. The summed E-state index contributed by atoms with van der Waals surface area (Å²) >= 11 is 0. The third-order valence-electron chi connectivity index (χ3n) is 3.19. The molecular formula is C17H16N2O6. The zero-order valence-corrected chi connectivity index (χ0v) is 13.4. The number of non-ortho nitro benzene ring substituents is 1. The number of carbonyl (C=O) groups excluding carboxylic acids is 2. The minimum atomic E-state index is -0.724. The van der Waals surface area contributed by atoms with Crippen LogP contribution in [0.15, 0.2) is 48.5 Å². The number of hydrogen-bond acceptors (Lipinski definition) is 6. The summed E-state index contributed by atoms with van der Waals surface area (Å²) in [5.41, 5.74) is 1.46. The van der Waals surface area contributed by atoms with Gasteiger partial charge in [0, 0.05) is 17.8 Å². The first-order chi connectivity index (χ1) is 12.0. The second kappa shape index (κ2) is 8.44. The largest absolute Gasteiger partial charge is 0.482 e. The lowest BCUT2D eigenvalue weighted by molar-refractivity contribution is -0.384. The third-order valence-corrected chi connectivity index (χ3v) is 3.19. The SMILES string of the molecule is Cc1ccccc1NC(=O)COC(=O)COc1ccc([N+](=O)[O-])cc1. The summed E-state index contributed by atoms with van der Waals surface area (Å²) in [6.07, 6.45) is 0. The fourth-order valence-electron chi connectivity index (χ4n) is 1.89. The second-order valence-electron chi connectivity index (χ2n) is 5.06. The molecule has 2 rings (SSSR count). The molecular weight excluding hydrogens is 328 g/mol. The smallest absolute Gasteiger partial charge is 0.344 e. The molecule has 130 valence electrons. The number of ether oxygens (including phenoxy) is 2.